The zero-order valence-corrected chi connectivity index (χ0v) is 15.0. The number of sulfonamides is 1. The van der Waals surface area contributed by atoms with Crippen LogP contribution in [0.15, 0.2) is 45.7 Å². The minimum atomic E-state index is -3.55. The summed E-state index contributed by atoms with van der Waals surface area (Å²) in [6, 6.07) is 9.64. The van der Waals surface area contributed by atoms with Crippen molar-refractivity contribution in [2.24, 2.45) is 0 Å². The Morgan fingerprint density at radius 1 is 1.08 bits per heavy atom. The summed E-state index contributed by atoms with van der Waals surface area (Å²) in [5, 5.41) is 2.68. The highest BCUT2D eigenvalue weighted by Crippen LogP contribution is 2.23. The molecular weight excluding hydrogens is 340 g/mol. The topological polar surface area (TPSA) is 79.6 Å². The average Bonchev–Trinajstić information content (AvgIpc) is 2.85. The van der Waals surface area contributed by atoms with Crippen molar-refractivity contribution in [2.45, 2.75) is 37.5 Å². The lowest BCUT2D eigenvalue weighted by Crippen LogP contribution is -2.32. The van der Waals surface area contributed by atoms with Crippen molar-refractivity contribution in [1.82, 2.24) is 4.31 Å². The zero-order chi connectivity index (χ0) is 17.9. The SMILES string of the molecule is Cc1ccc(C(=O)Nc2cccc(S(=O)(=O)N3CCCCCC3)c2)o1. The maximum absolute atomic E-state index is 12.8. The van der Waals surface area contributed by atoms with Gasteiger partial charge in [0.2, 0.25) is 10.0 Å². The van der Waals surface area contributed by atoms with Crippen molar-refractivity contribution >= 4 is 21.6 Å². The van der Waals surface area contributed by atoms with Gasteiger partial charge in [-0.2, -0.15) is 4.31 Å². The molecule has 6 nitrogen and oxygen atoms in total. The first-order valence-electron chi connectivity index (χ1n) is 8.45. The Morgan fingerprint density at radius 2 is 1.80 bits per heavy atom. The predicted molar refractivity (Wildman–Crippen MR) is 95.1 cm³/mol. The largest absolute Gasteiger partial charge is 0.456 e. The number of furan rings is 1. The van der Waals surface area contributed by atoms with E-state index < -0.39 is 15.9 Å². The van der Waals surface area contributed by atoms with E-state index in [1.807, 2.05) is 0 Å². The van der Waals surface area contributed by atoms with Crippen LogP contribution in [0, 0.1) is 6.92 Å². The van der Waals surface area contributed by atoms with Gasteiger partial charge in [0, 0.05) is 18.8 Å². The Labute approximate surface area is 147 Å². The van der Waals surface area contributed by atoms with Gasteiger partial charge >= 0.3 is 0 Å². The first-order valence-corrected chi connectivity index (χ1v) is 9.89. The van der Waals surface area contributed by atoms with Crippen LogP contribution in [-0.2, 0) is 10.0 Å². The Bertz CT molecular complexity index is 849. The molecule has 0 aliphatic carbocycles. The van der Waals surface area contributed by atoms with Crippen LogP contribution in [0.3, 0.4) is 0 Å². The number of amides is 1. The van der Waals surface area contributed by atoms with Crippen LogP contribution in [-0.4, -0.2) is 31.7 Å². The van der Waals surface area contributed by atoms with Crippen LogP contribution in [0.25, 0.3) is 0 Å². The monoisotopic (exact) mass is 362 g/mol. The van der Waals surface area contributed by atoms with Gasteiger partial charge in [0.05, 0.1) is 4.90 Å². The van der Waals surface area contributed by atoms with Crippen molar-refractivity contribution < 1.29 is 17.6 Å². The van der Waals surface area contributed by atoms with Crippen LogP contribution < -0.4 is 5.32 Å². The lowest BCUT2D eigenvalue weighted by molar-refractivity contribution is 0.0995. The van der Waals surface area contributed by atoms with Crippen LogP contribution in [0.1, 0.15) is 42.0 Å². The van der Waals surface area contributed by atoms with Crippen molar-refractivity contribution in [1.29, 1.82) is 0 Å². The maximum Gasteiger partial charge on any atom is 0.291 e. The number of anilines is 1. The number of aryl methyl sites for hydroxylation is 1. The van der Waals surface area contributed by atoms with Gasteiger partial charge < -0.3 is 9.73 Å². The molecule has 0 radical (unpaired) electrons. The summed E-state index contributed by atoms with van der Waals surface area (Å²) in [5.74, 6) is 0.429. The number of carbonyl (C=O) groups excluding carboxylic acids is 1. The van der Waals surface area contributed by atoms with Gasteiger partial charge in [-0.1, -0.05) is 18.9 Å². The minimum Gasteiger partial charge on any atom is -0.456 e. The molecule has 1 fully saturated rings. The first-order chi connectivity index (χ1) is 12.0. The van der Waals surface area contributed by atoms with Crippen molar-refractivity contribution in [3.8, 4) is 0 Å². The molecular formula is C18H22N2O4S. The number of nitrogens with one attached hydrogen (secondary N) is 1. The van der Waals surface area contributed by atoms with E-state index >= 15 is 0 Å². The summed E-state index contributed by atoms with van der Waals surface area (Å²) in [6.07, 6.45) is 3.89. The quantitative estimate of drug-likeness (QED) is 0.904. The molecule has 2 heterocycles. The van der Waals surface area contributed by atoms with E-state index in [-0.39, 0.29) is 10.7 Å². The third kappa shape index (κ3) is 4.11. The van der Waals surface area contributed by atoms with Gasteiger partial charge in [-0.3, -0.25) is 4.79 Å². The number of benzene rings is 1. The molecule has 3 rings (SSSR count). The summed E-state index contributed by atoms with van der Waals surface area (Å²) in [6.45, 7) is 2.85. The fourth-order valence-electron chi connectivity index (χ4n) is 2.91. The Hall–Kier alpha value is -2.12. The number of carbonyl (C=O) groups is 1. The number of hydrogen-bond donors (Lipinski definition) is 1. The molecule has 0 bridgehead atoms. The van der Waals surface area contributed by atoms with Crippen molar-refractivity contribution in [3.05, 3.63) is 47.9 Å². The zero-order valence-electron chi connectivity index (χ0n) is 14.2. The lowest BCUT2D eigenvalue weighted by atomic mass is 10.2. The fraction of sp³-hybridized carbons (Fsp3) is 0.389. The highest BCUT2D eigenvalue weighted by molar-refractivity contribution is 7.89. The van der Waals surface area contributed by atoms with E-state index in [9.17, 15) is 13.2 Å². The molecule has 134 valence electrons. The fourth-order valence-corrected chi connectivity index (χ4v) is 4.48. The highest BCUT2D eigenvalue weighted by Gasteiger charge is 2.25. The van der Waals surface area contributed by atoms with Gasteiger partial charge in [0.25, 0.3) is 5.91 Å². The predicted octanol–water partition coefficient (Wildman–Crippen LogP) is 3.41. The second kappa shape index (κ2) is 7.41. The molecule has 25 heavy (non-hydrogen) atoms. The van der Waals surface area contributed by atoms with E-state index in [4.69, 9.17) is 4.42 Å². The highest BCUT2D eigenvalue weighted by atomic mass is 32.2. The van der Waals surface area contributed by atoms with Crippen LogP contribution in [0.2, 0.25) is 0 Å². The lowest BCUT2D eigenvalue weighted by Gasteiger charge is -2.20. The van der Waals surface area contributed by atoms with Crippen molar-refractivity contribution in [3.63, 3.8) is 0 Å². The van der Waals surface area contributed by atoms with E-state index in [0.717, 1.165) is 25.7 Å². The van der Waals surface area contributed by atoms with E-state index in [0.29, 0.717) is 24.5 Å². The van der Waals surface area contributed by atoms with E-state index in [1.54, 1.807) is 37.3 Å². The minimum absolute atomic E-state index is 0.193. The molecule has 1 aromatic carbocycles. The van der Waals surface area contributed by atoms with Crippen LogP contribution >= 0.6 is 0 Å². The Balaban J connectivity index is 1.79. The second-order valence-electron chi connectivity index (χ2n) is 6.21. The Kier molecular flexibility index (Phi) is 5.24. The summed E-state index contributed by atoms with van der Waals surface area (Å²) in [4.78, 5) is 12.4. The summed E-state index contributed by atoms with van der Waals surface area (Å²) in [5.41, 5.74) is 0.426. The van der Waals surface area contributed by atoms with Gasteiger partial charge in [-0.05, 0) is 50.1 Å². The molecule has 0 spiro atoms. The summed E-state index contributed by atoms with van der Waals surface area (Å²) in [7, 11) is -3.55. The van der Waals surface area contributed by atoms with Gasteiger partial charge in [-0.15, -0.1) is 0 Å². The third-order valence-electron chi connectivity index (χ3n) is 4.26. The number of rotatable bonds is 4. The average molecular weight is 362 g/mol. The third-order valence-corrected chi connectivity index (χ3v) is 6.15. The van der Waals surface area contributed by atoms with E-state index in [1.165, 1.54) is 10.4 Å². The number of hydrogen-bond acceptors (Lipinski definition) is 4. The van der Waals surface area contributed by atoms with Crippen molar-refractivity contribution in [2.75, 3.05) is 18.4 Å². The summed E-state index contributed by atoms with van der Waals surface area (Å²) >= 11 is 0. The molecule has 2 aromatic rings. The van der Waals surface area contributed by atoms with E-state index in [2.05, 4.69) is 5.32 Å². The maximum atomic E-state index is 12.8. The van der Waals surface area contributed by atoms with Crippen LogP contribution in [0.5, 0.6) is 0 Å². The van der Waals surface area contributed by atoms with Gasteiger partial charge in [0.15, 0.2) is 5.76 Å². The molecule has 1 saturated heterocycles. The summed E-state index contributed by atoms with van der Waals surface area (Å²) < 4.78 is 32.5. The molecule has 1 amide bonds. The number of nitrogens with zero attached hydrogens (tertiary/aromatic N) is 1. The smallest absolute Gasteiger partial charge is 0.291 e. The molecule has 7 heteroatoms. The standard InChI is InChI=1S/C18H22N2O4S/c1-14-9-10-17(24-14)18(21)19-15-7-6-8-16(13-15)25(22,23)20-11-4-2-3-5-12-20/h6-10,13H,2-5,11-12H2,1H3,(H,19,21). The molecule has 0 unspecified atom stereocenters. The molecule has 0 atom stereocenters. The second-order valence-corrected chi connectivity index (χ2v) is 8.15. The molecule has 1 N–H and O–H groups in total. The molecule has 1 aliphatic heterocycles. The van der Waals surface area contributed by atoms with Gasteiger partial charge in [-0.25, -0.2) is 8.42 Å². The molecule has 1 aromatic heterocycles. The van der Waals surface area contributed by atoms with Gasteiger partial charge in [0.1, 0.15) is 5.76 Å². The van der Waals surface area contributed by atoms with Crippen LogP contribution in [0.4, 0.5) is 5.69 Å². The molecule has 0 saturated carbocycles. The first kappa shape index (κ1) is 17.7. The normalized spacial score (nSPS) is 16.4. The Morgan fingerprint density at radius 3 is 2.44 bits per heavy atom. The molecule has 1 aliphatic rings.